The number of hydroxylamine groups is 2. The largest absolute Gasteiger partial charge is 0.394 e. The van der Waals surface area contributed by atoms with Crippen molar-refractivity contribution in [2.45, 2.75) is 18.9 Å². The maximum atomic E-state index is 10.8. The molecular weight excluding hydrogens is 174 g/mol. The van der Waals surface area contributed by atoms with Crippen molar-refractivity contribution < 1.29 is 19.8 Å². The van der Waals surface area contributed by atoms with Crippen LogP contribution in [0, 0.1) is 0 Å². The zero-order valence-electron chi connectivity index (χ0n) is 7.48. The summed E-state index contributed by atoms with van der Waals surface area (Å²) in [6.45, 7) is 0.950. The number of carbonyl (C=O) groups excluding carboxylic acids is 1. The molecule has 0 aromatic heterocycles. The van der Waals surface area contributed by atoms with Crippen molar-refractivity contribution in [3.05, 3.63) is 0 Å². The minimum Gasteiger partial charge on any atom is -0.394 e. The molecule has 5 heteroatoms. The smallest absolute Gasteiger partial charge is 0.135 e. The molecule has 0 spiro atoms. The first-order valence-electron chi connectivity index (χ1n) is 4.41. The molecule has 0 saturated carbocycles. The minimum atomic E-state index is -0.836. The summed E-state index contributed by atoms with van der Waals surface area (Å²) in [5.74, 6) is 0.252. The van der Waals surface area contributed by atoms with E-state index in [1.54, 1.807) is 5.06 Å². The summed E-state index contributed by atoms with van der Waals surface area (Å²) < 4.78 is 0. The quantitative estimate of drug-likeness (QED) is 0.589. The van der Waals surface area contributed by atoms with Crippen LogP contribution in [0.1, 0.15) is 12.8 Å². The number of hydrogen-bond acceptors (Lipinski definition) is 5. The molecule has 0 aromatic carbocycles. The average Bonchev–Trinajstić information content (AvgIpc) is 2.16. The number of carbonyl (C=O) groups is 1. The van der Waals surface area contributed by atoms with Gasteiger partial charge in [0.05, 0.1) is 13.2 Å². The van der Waals surface area contributed by atoms with Gasteiger partial charge < -0.3 is 10.2 Å². The lowest BCUT2D eigenvalue weighted by atomic mass is 10.1. The molecule has 5 nitrogen and oxygen atoms in total. The molecule has 1 aliphatic rings. The number of rotatable bonds is 4. The number of piperidine rings is 1. The Morgan fingerprint density at radius 2 is 2.08 bits per heavy atom. The highest BCUT2D eigenvalue weighted by molar-refractivity contribution is 5.79. The van der Waals surface area contributed by atoms with Crippen LogP contribution in [-0.2, 0) is 9.63 Å². The predicted molar refractivity (Wildman–Crippen MR) is 44.9 cm³/mol. The molecule has 1 aliphatic heterocycles. The third-order valence-electron chi connectivity index (χ3n) is 1.94. The van der Waals surface area contributed by atoms with Gasteiger partial charge in [0, 0.05) is 25.9 Å². The van der Waals surface area contributed by atoms with Gasteiger partial charge in [-0.25, -0.2) is 0 Å². The highest BCUT2D eigenvalue weighted by Crippen LogP contribution is 2.05. The number of ketones is 1. The Balaban J connectivity index is 2.12. The van der Waals surface area contributed by atoms with Gasteiger partial charge >= 0.3 is 0 Å². The van der Waals surface area contributed by atoms with Crippen LogP contribution in [0.4, 0.5) is 0 Å². The van der Waals surface area contributed by atoms with Crippen molar-refractivity contribution in [1.82, 2.24) is 5.06 Å². The van der Waals surface area contributed by atoms with Crippen LogP contribution in [0.2, 0.25) is 0 Å². The van der Waals surface area contributed by atoms with Gasteiger partial charge in [0.25, 0.3) is 0 Å². The van der Waals surface area contributed by atoms with Crippen molar-refractivity contribution in [2.75, 3.05) is 26.3 Å². The average molecular weight is 189 g/mol. The van der Waals surface area contributed by atoms with Crippen LogP contribution in [-0.4, -0.2) is 53.5 Å². The van der Waals surface area contributed by atoms with E-state index in [4.69, 9.17) is 15.1 Å². The molecule has 0 radical (unpaired) electrons. The van der Waals surface area contributed by atoms with E-state index in [1.165, 1.54) is 0 Å². The van der Waals surface area contributed by atoms with Gasteiger partial charge in [0.2, 0.25) is 0 Å². The summed E-state index contributed by atoms with van der Waals surface area (Å²) in [5, 5.41) is 19.1. The normalized spacial score (nSPS) is 21.8. The first-order chi connectivity index (χ1) is 6.22. The molecular formula is C8H15NO4. The fourth-order valence-electron chi connectivity index (χ4n) is 1.11. The van der Waals surface area contributed by atoms with Gasteiger partial charge in [0.1, 0.15) is 11.9 Å². The Labute approximate surface area is 76.9 Å². The highest BCUT2D eigenvalue weighted by Gasteiger charge is 2.17. The first kappa shape index (κ1) is 10.6. The van der Waals surface area contributed by atoms with Crippen LogP contribution >= 0.6 is 0 Å². The summed E-state index contributed by atoms with van der Waals surface area (Å²) in [7, 11) is 0. The Kier molecular flexibility index (Phi) is 4.31. The van der Waals surface area contributed by atoms with Gasteiger partial charge in [0.15, 0.2) is 0 Å². The molecule has 1 fully saturated rings. The zero-order valence-corrected chi connectivity index (χ0v) is 7.48. The van der Waals surface area contributed by atoms with Crippen molar-refractivity contribution >= 4 is 5.78 Å². The Morgan fingerprint density at radius 3 is 2.62 bits per heavy atom. The molecule has 1 rings (SSSR count). The van der Waals surface area contributed by atoms with Crippen molar-refractivity contribution in [3.63, 3.8) is 0 Å². The summed E-state index contributed by atoms with van der Waals surface area (Å²) in [4.78, 5) is 16.0. The lowest BCUT2D eigenvalue weighted by Gasteiger charge is -2.25. The SMILES string of the molecule is O=C1CCN(OCC(O)CO)CC1. The van der Waals surface area contributed by atoms with E-state index in [2.05, 4.69) is 0 Å². The molecule has 0 bridgehead atoms. The summed E-state index contributed by atoms with van der Waals surface area (Å²) in [5.41, 5.74) is 0. The molecule has 0 aliphatic carbocycles. The van der Waals surface area contributed by atoms with Crippen LogP contribution in [0.25, 0.3) is 0 Å². The maximum absolute atomic E-state index is 10.8. The van der Waals surface area contributed by atoms with Gasteiger partial charge in [-0.1, -0.05) is 0 Å². The highest BCUT2D eigenvalue weighted by atomic mass is 16.7. The van der Waals surface area contributed by atoms with Crippen LogP contribution in [0.3, 0.4) is 0 Å². The topological polar surface area (TPSA) is 70.0 Å². The van der Waals surface area contributed by atoms with E-state index in [-0.39, 0.29) is 19.0 Å². The number of aliphatic hydroxyl groups is 2. The fraction of sp³-hybridized carbons (Fsp3) is 0.875. The van der Waals surface area contributed by atoms with E-state index in [9.17, 15) is 4.79 Å². The van der Waals surface area contributed by atoms with Crippen molar-refractivity contribution in [2.24, 2.45) is 0 Å². The maximum Gasteiger partial charge on any atom is 0.135 e. The number of aliphatic hydroxyl groups excluding tert-OH is 2. The Morgan fingerprint density at radius 1 is 1.46 bits per heavy atom. The van der Waals surface area contributed by atoms with E-state index in [1.807, 2.05) is 0 Å². The van der Waals surface area contributed by atoms with E-state index >= 15 is 0 Å². The standard InChI is InChI=1S/C8H15NO4/c10-5-8(12)6-13-9-3-1-7(11)2-4-9/h8,10,12H,1-6H2. The van der Waals surface area contributed by atoms with Crippen LogP contribution < -0.4 is 0 Å². The number of hydrogen-bond donors (Lipinski definition) is 2. The molecule has 2 N–H and O–H groups in total. The second kappa shape index (κ2) is 5.29. The van der Waals surface area contributed by atoms with Gasteiger partial charge in [-0.15, -0.1) is 0 Å². The lowest BCUT2D eigenvalue weighted by molar-refractivity contribution is -0.190. The van der Waals surface area contributed by atoms with Gasteiger partial charge in [-0.3, -0.25) is 9.63 Å². The molecule has 0 aromatic rings. The fourth-order valence-corrected chi connectivity index (χ4v) is 1.11. The second-order valence-electron chi connectivity index (χ2n) is 3.10. The first-order valence-corrected chi connectivity index (χ1v) is 4.41. The second-order valence-corrected chi connectivity index (χ2v) is 3.10. The molecule has 1 heterocycles. The third-order valence-corrected chi connectivity index (χ3v) is 1.94. The molecule has 76 valence electrons. The molecule has 1 unspecified atom stereocenters. The van der Waals surface area contributed by atoms with Gasteiger partial charge in [-0.2, -0.15) is 5.06 Å². The third kappa shape index (κ3) is 3.82. The minimum absolute atomic E-state index is 0.0880. The van der Waals surface area contributed by atoms with Crippen LogP contribution in [0.15, 0.2) is 0 Å². The summed E-state index contributed by atoms with van der Waals surface area (Å²) in [6.07, 6.45) is 0.183. The van der Waals surface area contributed by atoms with E-state index in [0.717, 1.165) is 0 Å². The molecule has 0 amide bonds. The van der Waals surface area contributed by atoms with E-state index < -0.39 is 6.10 Å². The van der Waals surface area contributed by atoms with Crippen molar-refractivity contribution in [3.8, 4) is 0 Å². The molecule has 1 saturated heterocycles. The lowest BCUT2D eigenvalue weighted by Crippen LogP contribution is -2.36. The van der Waals surface area contributed by atoms with Crippen molar-refractivity contribution in [1.29, 1.82) is 0 Å². The number of nitrogens with zero attached hydrogens (tertiary/aromatic N) is 1. The zero-order chi connectivity index (χ0) is 9.68. The van der Waals surface area contributed by atoms with Crippen LogP contribution in [0.5, 0.6) is 0 Å². The summed E-state index contributed by atoms with van der Waals surface area (Å²) in [6, 6.07) is 0. The monoisotopic (exact) mass is 189 g/mol. The Bertz CT molecular complexity index is 164. The molecule has 1 atom stereocenters. The number of Topliss-reactive ketones (excluding diaryl/α,β-unsaturated/α-hetero) is 1. The summed E-state index contributed by atoms with van der Waals surface area (Å²) >= 11 is 0. The predicted octanol–water partition coefficient (Wildman–Crippen LogP) is -1.06. The van der Waals surface area contributed by atoms with E-state index in [0.29, 0.717) is 25.9 Å². The van der Waals surface area contributed by atoms with Gasteiger partial charge in [-0.05, 0) is 0 Å². The Hall–Kier alpha value is -0.490. The molecule has 13 heavy (non-hydrogen) atoms.